The first-order valence-electron chi connectivity index (χ1n) is 11.4. The van der Waals surface area contributed by atoms with Crippen LogP contribution in [-0.2, 0) is 0 Å². The highest BCUT2D eigenvalue weighted by Gasteiger charge is 2.11. The molecule has 0 amide bonds. The van der Waals surface area contributed by atoms with Crippen molar-refractivity contribution in [2.45, 2.75) is 30.6 Å². The summed E-state index contributed by atoms with van der Waals surface area (Å²) < 4.78 is 27.6. The number of halogens is 2. The molecule has 0 bridgehead atoms. The fourth-order valence-corrected chi connectivity index (χ4v) is 5.08. The van der Waals surface area contributed by atoms with Gasteiger partial charge in [-0.25, -0.2) is 8.78 Å². The number of benzene rings is 2. The van der Waals surface area contributed by atoms with E-state index >= 15 is 0 Å². The number of nitrogens with one attached hydrogen (secondary N) is 2. The van der Waals surface area contributed by atoms with Gasteiger partial charge in [0.2, 0.25) is 0 Å². The second-order valence-corrected chi connectivity index (χ2v) is 9.20. The van der Waals surface area contributed by atoms with Crippen LogP contribution in [-0.4, -0.2) is 43.5 Å². The van der Waals surface area contributed by atoms with E-state index in [0.29, 0.717) is 10.9 Å². The Balaban J connectivity index is 1.12. The highest BCUT2D eigenvalue weighted by Crippen LogP contribution is 2.30. The van der Waals surface area contributed by atoms with Crippen molar-refractivity contribution >= 4 is 34.0 Å². The van der Waals surface area contributed by atoms with Crippen LogP contribution in [0.3, 0.4) is 0 Å². The molecular weight excluding hydrogens is 426 g/mol. The molecule has 1 saturated heterocycles. The van der Waals surface area contributed by atoms with Crippen LogP contribution in [0.25, 0.3) is 10.9 Å². The molecule has 7 heteroatoms. The number of aromatic nitrogens is 1. The summed E-state index contributed by atoms with van der Waals surface area (Å²) in [6, 6.07) is 12.8. The highest BCUT2D eigenvalue weighted by atomic mass is 32.2. The van der Waals surface area contributed by atoms with Crippen molar-refractivity contribution < 1.29 is 8.78 Å². The maximum Gasteiger partial charge on any atom is 0.136 e. The molecule has 4 rings (SSSR count). The minimum atomic E-state index is -0.589. The summed E-state index contributed by atoms with van der Waals surface area (Å²) in [7, 11) is 0. The van der Waals surface area contributed by atoms with Gasteiger partial charge in [-0.15, -0.1) is 11.8 Å². The molecule has 4 nitrogen and oxygen atoms in total. The van der Waals surface area contributed by atoms with Crippen LogP contribution in [0.2, 0.25) is 0 Å². The Morgan fingerprint density at radius 1 is 0.969 bits per heavy atom. The van der Waals surface area contributed by atoms with E-state index in [-0.39, 0.29) is 0 Å². The van der Waals surface area contributed by atoms with Crippen molar-refractivity contribution in [1.29, 1.82) is 0 Å². The van der Waals surface area contributed by atoms with Crippen LogP contribution in [0.4, 0.5) is 20.2 Å². The van der Waals surface area contributed by atoms with Gasteiger partial charge in [0.25, 0.3) is 0 Å². The normalized spacial score (nSPS) is 14.1. The van der Waals surface area contributed by atoms with Gasteiger partial charge in [-0.2, -0.15) is 0 Å². The molecule has 1 fully saturated rings. The molecular formula is C25H30F2N4S. The Morgan fingerprint density at radius 3 is 2.56 bits per heavy atom. The number of piperazine rings is 1. The predicted molar refractivity (Wildman–Crippen MR) is 131 cm³/mol. The van der Waals surface area contributed by atoms with Crippen LogP contribution in [0.1, 0.15) is 25.7 Å². The Kier molecular flexibility index (Phi) is 8.18. The van der Waals surface area contributed by atoms with Crippen molar-refractivity contribution in [1.82, 2.24) is 10.3 Å². The summed E-state index contributed by atoms with van der Waals surface area (Å²) >= 11 is 1.62. The molecule has 1 aromatic heterocycles. The molecule has 1 aliphatic heterocycles. The van der Waals surface area contributed by atoms with Gasteiger partial charge in [-0.05, 0) is 48.9 Å². The van der Waals surface area contributed by atoms with Gasteiger partial charge >= 0.3 is 0 Å². The van der Waals surface area contributed by atoms with Crippen molar-refractivity contribution in [2.24, 2.45) is 0 Å². The van der Waals surface area contributed by atoms with Crippen molar-refractivity contribution in [3.63, 3.8) is 0 Å². The zero-order valence-electron chi connectivity index (χ0n) is 18.2. The highest BCUT2D eigenvalue weighted by molar-refractivity contribution is 7.99. The van der Waals surface area contributed by atoms with Gasteiger partial charge in [0.1, 0.15) is 11.6 Å². The molecule has 2 aromatic carbocycles. The van der Waals surface area contributed by atoms with Gasteiger partial charge in [-0.1, -0.05) is 12.8 Å². The monoisotopic (exact) mass is 456 g/mol. The average Bonchev–Trinajstić information content (AvgIpc) is 2.81. The van der Waals surface area contributed by atoms with Gasteiger partial charge in [0.15, 0.2) is 0 Å². The molecule has 2 N–H and O–H groups in total. The van der Waals surface area contributed by atoms with E-state index in [4.69, 9.17) is 0 Å². The number of unbranched alkanes of at least 4 members (excludes halogenated alkanes) is 3. The maximum absolute atomic E-state index is 14.2. The lowest BCUT2D eigenvalue weighted by Gasteiger charge is -2.29. The SMILES string of the molecule is Fc1cc(F)c2c(SCCCCCCNc3ccc(N4CCNCC4)cc3)ccnc2c1. The summed E-state index contributed by atoms with van der Waals surface area (Å²) in [6.45, 7) is 5.20. The van der Waals surface area contributed by atoms with Crippen molar-refractivity contribution in [2.75, 3.05) is 48.7 Å². The zero-order valence-corrected chi connectivity index (χ0v) is 19.1. The largest absolute Gasteiger partial charge is 0.385 e. The smallest absolute Gasteiger partial charge is 0.136 e. The third-order valence-electron chi connectivity index (χ3n) is 5.73. The summed E-state index contributed by atoms with van der Waals surface area (Å²) in [5.74, 6) is -0.215. The van der Waals surface area contributed by atoms with Gasteiger partial charge in [0.05, 0.1) is 5.52 Å². The first-order chi connectivity index (χ1) is 15.7. The fraction of sp³-hybridized carbons (Fsp3) is 0.400. The number of hydrogen-bond donors (Lipinski definition) is 2. The van der Waals surface area contributed by atoms with Gasteiger partial charge in [-0.3, -0.25) is 4.98 Å². The number of hydrogen-bond acceptors (Lipinski definition) is 5. The van der Waals surface area contributed by atoms with Gasteiger partial charge in [0, 0.05) is 72.7 Å². The number of anilines is 2. The van der Waals surface area contributed by atoms with E-state index in [1.54, 1.807) is 18.0 Å². The van der Waals surface area contributed by atoms with Crippen LogP contribution < -0.4 is 15.5 Å². The molecule has 0 saturated carbocycles. The quantitative estimate of drug-likeness (QED) is 0.303. The first-order valence-corrected chi connectivity index (χ1v) is 12.4. The molecule has 1 aliphatic rings. The number of nitrogens with zero attached hydrogens (tertiary/aromatic N) is 2. The average molecular weight is 457 g/mol. The molecule has 0 unspecified atom stereocenters. The van der Waals surface area contributed by atoms with Crippen LogP contribution in [0.5, 0.6) is 0 Å². The van der Waals surface area contributed by atoms with Crippen molar-refractivity contribution in [3.8, 4) is 0 Å². The van der Waals surface area contributed by atoms with Gasteiger partial charge < -0.3 is 15.5 Å². The minimum absolute atomic E-state index is 0.375. The van der Waals surface area contributed by atoms with E-state index in [1.165, 1.54) is 17.4 Å². The van der Waals surface area contributed by atoms with E-state index in [9.17, 15) is 8.78 Å². The Hall–Kier alpha value is -2.38. The first kappa shape index (κ1) is 22.8. The maximum atomic E-state index is 14.2. The van der Waals surface area contributed by atoms with Crippen molar-refractivity contribution in [3.05, 3.63) is 60.3 Å². The number of thioether (sulfide) groups is 1. The summed E-state index contributed by atoms with van der Waals surface area (Å²) in [5, 5.41) is 7.31. The lowest BCUT2D eigenvalue weighted by Crippen LogP contribution is -2.43. The number of pyridine rings is 1. The molecule has 170 valence electrons. The lowest BCUT2D eigenvalue weighted by atomic mass is 10.2. The second-order valence-electron chi connectivity index (χ2n) is 8.06. The number of rotatable bonds is 10. The Bertz CT molecular complexity index is 1010. The molecule has 0 aliphatic carbocycles. The topological polar surface area (TPSA) is 40.2 Å². The van der Waals surface area contributed by atoms with E-state index in [2.05, 4.69) is 44.8 Å². The Morgan fingerprint density at radius 2 is 1.75 bits per heavy atom. The lowest BCUT2D eigenvalue weighted by molar-refractivity contribution is 0.589. The molecule has 2 heterocycles. The Labute approximate surface area is 192 Å². The molecule has 0 radical (unpaired) electrons. The van der Waals surface area contributed by atoms with Crippen LogP contribution >= 0.6 is 11.8 Å². The third-order valence-corrected chi connectivity index (χ3v) is 6.87. The van der Waals surface area contributed by atoms with Crippen LogP contribution in [0, 0.1) is 11.6 Å². The molecule has 3 aromatic rings. The number of fused-ring (bicyclic) bond motifs is 1. The second kappa shape index (κ2) is 11.5. The zero-order chi connectivity index (χ0) is 22.2. The fourth-order valence-electron chi connectivity index (χ4n) is 4.00. The minimum Gasteiger partial charge on any atom is -0.385 e. The predicted octanol–water partition coefficient (Wildman–Crippen LogP) is 5.69. The molecule has 32 heavy (non-hydrogen) atoms. The van der Waals surface area contributed by atoms with E-state index in [0.717, 1.165) is 75.1 Å². The van der Waals surface area contributed by atoms with E-state index in [1.807, 2.05) is 6.07 Å². The standard InChI is InChI=1S/C25H30F2N4S/c26-19-17-22(27)25-23(18-19)30-11-9-24(25)32-16-4-2-1-3-10-29-20-5-7-21(8-6-20)31-14-12-28-13-15-31/h5-9,11,17-18,28-29H,1-4,10,12-16H2. The summed E-state index contributed by atoms with van der Waals surface area (Å²) in [5.41, 5.74) is 2.84. The summed E-state index contributed by atoms with van der Waals surface area (Å²) in [4.78, 5) is 7.34. The summed E-state index contributed by atoms with van der Waals surface area (Å²) in [6.07, 6.45) is 6.10. The van der Waals surface area contributed by atoms with E-state index < -0.39 is 11.6 Å². The molecule has 0 atom stereocenters. The van der Waals surface area contributed by atoms with Crippen LogP contribution in [0.15, 0.2) is 53.6 Å². The third kappa shape index (κ3) is 6.11. The molecule has 0 spiro atoms.